The van der Waals surface area contributed by atoms with Crippen molar-refractivity contribution in [3.05, 3.63) is 408 Å². The standard InChI is InChI=1S/C19H24NSi.C18H24NSi.C17H22NSi.C16H20NSi.3C13H12N.C12H10N.4Ir/c1-21(2,3)19-14-20-18(16-11-5-4-6-12-16)13-17(19)15-9-7-8-10-15;1-6-14(2)16-12-17(15-10-8-7-9-11-15)19-13-18(16)20(3,4)5;1-13(2)15-11-16(14-9-7-6-8-10-14)18-12-17(15)19(3,4)5;1-5-13-11-15(14-9-7-6-8-10-14)17-12-16(13)18(2,3)4;1-10-6-8-12(9-7-10)13-5-3-4-11(2)14-13;1-10-7-11(2)9-12(8-10)13-5-3-4-6-14-13;1-10-8-13(14-9-11(10)2)12-6-4-3-5-7-12;1-10-6-2-3-7-11(10)12-8-4-5-9-13-12;;;;/h4-6,11,13-15H,7-10H2,1-3H3;7-10,12-14H,6H2,1-5H3;6-9,11-13H,1-5H3;6-9,11-12H,5H2,1-4H3;2*3-8H,1-2H3;3-6,8-9H,1-2H3;2-6,8-9H,1H3;;;;/q8*-1;;;;/i;;;;2*1D3;1D3,2D3;1D3;;;;. The Morgan fingerprint density at radius 3 is 1.23 bits per heavy atom. The molecule has 0 bridgehead atoms. The second kappa shape index (κ2) is 56.6. The Morgan fingerprint density at radius 2 is 0.788 bits per heavy atom. The largest absolute Gasteiger partial charge is 0.305 e. The molecule has 16 aromatic rings. The minimum Gasteiger partial charge on any atom is -0.305 e. The van der Waals surface area contributed by atoms with E-state index in [1.807, 2.05) is 123 Å². The second-order valence-corrected chi connectivity index (χ2v) is 57.7. The average molecular weight is 2600 g/mol. The van der Waals surface area contributed by atoms with Gasteiger partial charge in [-0.1, -0.05) is 248 Å². The molecule has 0 amide bonds. The number of benzene rings is 8. The molecule has 8 nitrogen and oxygen atoms in total. The maximum absolute atomic E-state index is 7.50. The molecule has 1 aliphatic rings. The number of rotatable bonds is 17. The summed E-state index contributed by atoms with van der Waals surface area (Å²) in [6.07, 6.45) is 20.6. The van der Waals surface area contributed by atoms with E-state index >= 15 is 0 Å². The molecule has 0 saturated heterocycles. The van der Waals surface area contributed by atoms with Crippen LogP contribution in [0.3, 0.4) is 0 Å². The van der Waals surface area contributed by atoms with E-state index in [0.717, 1.165) is 97.3 Å². The van der Waals surface area contributed by atoms with Crippen molar-refractivity contribution in [1.82, 2.24) is 39.9 Å². The smallest absolute Gasteiger partial charge is 0.0799 e. The Hall–Kier alpha value is -9.58. The van der Waals surface area contributed by atoms with Crippen molar-refractivity contribution < 1.29 is 101 Å². The predicted molar refractivity (Wildman–Crippen MR) is 577 cm³/mol. The Bertz CT molecular complexity index is 6900. The fraction of sp³-hybridized carbons (Fsp3) is 0.273. The van der Waals surface area contributed by atoms with Crippen LogP contribution in [0.5, 0.6) is 0 Å². The molecule has 16 heteroatoms. The zero-order valence-electron chi connectivity index (χ0n) is 97.2. The van der Waals surface area contributed by atoms with Crippen LogP contribution in [0.4, 0.5) is 0 Å². The van der Waals surface area contributed by atoms with E-state index in [4.69, 9.17) is 30.5 Å². The van der Waals surface area contributed by atoms with Crippen LogP contribution in [-0.2, 0) is 86.8 Å². The molecular weight excluding hydrogens is 2450 g/mol. The first kappa shape index (κ1) is 93.7. The van der Waals surface area contributed by atoms with Crippen LogP contribution in [-0.4, -0.2) is 72.2 Å². The van der Waals surface area contributed by atoms with Gasteiger partial charge in [0.15, 0.2) is 0 Å². The summed E-state index contributed by atoms with van der Waals surface area (Å²) in [4.78, 5) is 35.5. The Morgan fingerprint density at radius 1 is 0.350 bits per heavy atom. The molecule has 0 N–H and O–H groups in total. The van der Waals surface area contributed by atoms with E-state index in [0.29, 0.717) is 45.5 Å². The minimum atomic E-state index is -2.50. The Balaban J connectivity index is 0.000000264. The van der Waals surface area contributed by atoms with E-state index in [9.17, 15) is 0 Å². The molecule has 0 spiro atoms. The predicted octanol–water partition coefficient (Wildman–Crippen LogP) is 29.6. The first-order valence-electron chi connectivity index (χ1n) is 53.3. The fourth-order valence-electron chi connectivity index (χ4n) is 15.2. The van der Waals surface area contributed by atoms with Crippen LogP contribution in [0.1, 0.15) is 166 Å². The quantitative estimate of drug-likeness (QED) is 0.0656. The normalized spacial score (nSPS) is 13.7. The number of hydrogen-bond donors (Lipinski definition) is 0. The zero-order chi connectivity index (χ0) is 108. The summed E-state index contributed by atoms with van der Waals surface area (Å²) < 4.78 is 111. The Labute approximate surface area is 902 Å². The van der Waals surface area contributed by atoms with Gasteiger partial charge in [0.25, 0.3) is 0 Å². The summed E-state index contributed by atoms with van der Waals surface area (Å²) in [6.45, 7) is 32.5. The van der Waals surface area contributed by atoms with E-state index in [-0.39, 0.29) is 97.1 Å². The van der Waals surface area contributed by atoms with Crippen molar-refractivity contribution >= 4 is 53.0 Å². The topological polar surface area (TPSA) is 103 Å². The van der Waals surface area contributed by atoms with Gasteiger partial charge in [-0.2, -0.15) is 0 Å². The third-order valence-electron chi connectivity index (χ3n) is 22.5. The van der Waals surface area contributed by atoms with E-state index < -0.39 is 66.6 Å². The number of pyridine rings is 8. The molecule has 8 heterocycles. The van der Waals surface area contributed by atoms with E-state index in [2.05, 4.69) is 271 Å². The zero-order valence-corrected chi connectivity index (χ0v) is 95.8. The van der Waals surface area contributed by atoms with Crippen LogP contribution in [0.15, 0.2) is 298 Å². The molecular formula is C121H136Ir4N8Si4-8. The van der Waals surface area contributed by atoms with Gasteiger partial charge in [0.05, 0.1) is 32.3 Å². The second-order valence-electron chi connectivity index (χ2n) is 37.5. The van der Waals surface area contributed by atoms with Gasteiger partial charge in [-0.05, 0) is 154 Å². The fourth-order valence-corrected chi connectivity index (χ4v) is 21.8. The molecule has 0 aliphatic heterocycles. The summed E-state index contributed by atoms with van der Waals surface area (Å²) in [5.74, 6) is 1.87. The number of aromatic nitrogens is 8. The maximum atomic E-state index is 7.50. The van der Waals surface area contributed by atoms with Crippen LogP contribution in [0.2, 0.25) is 78.6 Å². The molecule has 1 aliphatic carbocycles. The van der Waals surface area contributed by atoms with Gasteiger partial charge in [-0.3, -0.25) is 0 Å². The van der Waals surface area contributed by atoms with Gasteiger partial charge in [0.2, 0.25) is 0 Å². The summed E-state index contributed by atoms with van der Waals surface area (Å²) in [5.41, 5.74) is 22.0. The van der Waals surface area contributed by atoms with Gasteiger partial charge >= 0.3 is 0 Å². The van der Waals surface area contributed by atoms with Gasteiger partial charge in [-0.15, -0.1) is 285 Å². The monoisotopic (exact) mass is 2600 g/mol. The molecule has 8 aromatic heterocycles. The summed E-state index contributed by atoms with van der Waals surface area (Å²) >= 11 is 0. The third kappa shape index (κ3) is 35.9. The average Bonchev–Trinajstić information content (AvgIpc) is 1.27. The van der Waals surface area contributed by atoms with Crippen LogP contribution < -0.4 is 20.7 Å². The van der Waals surface area contributed by atoms with E-state index in [1.165, 1.54) is 76.5 Å². The molecule has 17 rings (SSSR count). The molecule has 4 radical (unpaired) electrons. The van der Waals surface area contributed by atoms with Crippen LogP contribution >= 0.6 is 0 Å². The molecule has 137 heavy (non-hydrogen) atoms. The summed E-state index contributed by atoms with van der Waals surface area (Å²) in [5, 5.41) is 5.99. The SMILES string of the molecule is CC(C)c1cc(-c2[c-]cccc2)ncc1[Si](C)(C)C.CCC(C)c1cc(-c2[c-]cccc2)ncc1[Si](C)(C)C.CCc1cc(-c2[c-]cccc2)ncc1[Si](C)(C)C.C[Si](C)(C)c1cnc(-c2[c-]cccc2)cc1C1CCCC1.[2H]C([2H])([2H])c1c[c-]c(-c2cccc(C)n2)cc1.[2H]C([2H])([2H])c1cc(C)[c-]c(-c2ccccn2)c1.[2H]C([2H])([2H])c1ccc[c-]c1-c1ccccn1.[2H]C([2H])([2H])c1cnc(-c2[c-]cccc2)cc1C([2H])([2H])[2H].[Ir].[Ir].[Ir].[Ir]. The number of nitrogens with zero attached hydrogens (tertiary/aromatic N) is 8. The van der Waals surface area contributed by atoms with Crippen molar-refractivity contribution in [2.24, 2.45) is 0 Å². The number of aryl methyl sites for hydroxylation is 8. The first-order valence-corrected chi connectivity index (χ1v) is 59.8. The summed E-state index contributed by atoms with van der Waals surface area (Å²) in [6, 6.07) is 104. The molecule has 720 valence electrons. The molecule has 8 aromatic carbocycles. The minimum absolute atomic E-state index is 0. The van der Waals surface area contributed by atoms with Crippen LogP contribution in [0, 0.1) is 96.6 Å². The molecule has 1 fully saturated rings. The van der Waals surface area contributed by atoms with Crippen molar-refractivity contribution in [3.63, 3.8) is 0 Å². The van der Waals surface area contributed by atoms with Gasteiger partial charge in [0.1, 0.15) is 0 Å². The van der Waals surface area contributed by atoms with Crippen molar-refractivity contribution in [1.29, 1.82) is 0 Å². The third-order valence-corrected chi connectivity index (χ3v) is 30.7. The van der Waals surface area contributed by atoms with Crippen LogP contribution in [0.25, 0.3) is 90.1 Å². The van der Waals surface area contributed by atoms with Crippen molar-refractivity contribution in [2.45, 2.75) is 218 Å². The van der Waals surface area contributed by atoms with E-state index in [1.54, 1.807) is 102 Å². The molecule has 1 saturated carbocycles. The van der Waals surface area contributed by atoms with Crippen molar-refractivity contribution in [3.8, 4) is 90.1 Å². The molecule has 1 atom stereocenters. The van der Waals surface area contributed by atoms with Gasteiger partial charge < -0.3 is 39.9 Å². The van der Waals surface area contributed by atoms with Gasteiger partial charge in [0, 0.05) is 150 Å². The molecule has 1 unspecified atom stereocenters. The Kier molecular flexibility index (Phi) is 38.7. The summed E-state index contributed by atoms with van der Waals surface area (Å²) in [7, 11) is -5.33. The first-order chi connectivity index (χ1) is 69.6. The maximum Gasteiger partial charge on any atom is 0.0799 e. The number of hydrogen-bond acceptors (Lipinski definition) is 8. The van der Waals surface area contributed by atoms with Gasteiger partial charge in [-0.25, -0.2) is 0 Å². The van der Waals surface area contributed by atoms with Crippen molar-refractivity contribution in [2.75, 3.05) is 0 Å².